The second-order valence-electron chi connectivity index (χ2n) is 2.22. The van der Waals surface area contributed by atoms with Crippen molar-refractivity contribution in [3.63, 3.8) is 0 Å². The molecule has 0 fully saturated rings. The number of ether oxygens (including phenoxy) is 3. The molecule has 0 amide bonds. The number of esters is 2. The molecular formula is C7H12O5. The van der Waals surface area contributed by atoms with Crippen LogP contribution < -0.4 is 0 Å². The van der Waals surface area contributed by atoms with Crippen LogP contribution in [0.1, 0.15) is 6.92 Å². The van der Waals surface area contributed by atoms with Crippen molar-refractivity contribution >= 4 is 11.9 Å². The smallest absolute Gasteiger partial charge is 0.349 e. The van der Waals surface area contributed by atoms with Gasteiger partial charge in [-0.2, -0.15) is 0 Å². The first-order valence-corrected chi connectivity index (χ1v) is 3.25. The van der Waals surface area contributed by atoms with Gasteiger partial charge in [0.25, 0.3) is 5.60 Å². The molecule has 0 aliphatic rings. The van der Waals surface area contributed by atoms with Crippen LogP contribution in [0.5, 0.6) is 0 Å². The molecule has 0 aliphatic heterocycles. The standard InChI is InChI=1S/C7H12O5/c1-7(12-4,5(8)10-2)6(9)11-3/h1-4H3. The van der Waals surface area contributed by atoms with E-state index in [2.05, 4.69) is 9.47 Å². The molecule has 12 heavy (non-hydrogen) atoms. The lowest BCUT2D eigenvalue weighted by molar-refractivity contribution is -0.181. The molecule has 0 heterocycles. The van der Waals surface area contributed by atoms with Crippen molar-refractivity contribution in [3.8, 4) is 0 Å². The highest BCUT2D eigenvalue weighted by Gasteiger charge is 2.44. The van der Waals surface area contributed by atoms with Gasteiger partial charge in [-0.05, 0) is 6.92 Å². The molecule has 0 bridgehead atoms. The predicted octanol–water partition coefficient (Wildman–Crippen LogP) is -0.263. The number of hydrogen-bond acceptors (Lipinski definition) is 5. The lowest BCUT2D eigenvalue weighted by Gasteiger charge is -2.21. The summed E-state index contributed by atoms with van der Waals surface area (Å²) in [5.41, 5.74) is -1.66. The Hall–Kier alpha value is -1.10. The summed E-state index contributed by atoms with van der Waals surface area (Å²) in [6, 6.07) is 0. The molecule has 0 spiro atoms. The first-order chi connectivity index (χ1) is 5.52. The van der Waals surface area contributed by atoms with Gasteiger partial charge in [0.2, 0.25) is 0 Å². The van der Waals surface area contributed by atoms with E-state index in [-0.39, 0.29) is 0 Å². The number of carbonyl (C=O) groups excluding carboxylic acids is 2. The Morgan fingerprint density at radius 1 is 1.00 bits per heavy atom. The van der Waals surface area contributed by atoms with Gasteiger partial charge in [0, 0.05) is 7.11 Å². The quantitative estimate of drug-likeness (QED) is 0.438. The first-order valence-electron chi connectivity index (χ1n) is 3.25. The van der Waals surface area contributed by atoms with Gasteiger partial charge < -0.3 is 14.2 Å². The molecule has 0 aliphatic carbocycles. The lowest BCUT2D eigenvalue weighted by Crippen LogP contribution is -2.47. The van der Waals surface area contributed by atoms with E-state index in [9.17, 15) is 9.59 Å². The number of carbonyl (C=O) groups is 2. The molecule has 0 atom stereocenters. The Kier molecular flexibility index (Phi) is 3.69. The zero-order chi connectivity index (χ0) is 9.78. The van der Waals surface area contributed by atoms with Gasteiger partial charge >= 0.3 is 11.9 Å². The zero-order valence-electron chi connectivity index (χ0n) is 7.54. The summed E-state index contributed by atoms with van der Waals surface area (Å²) in [4.78, 5) is 22.0. The average Bonchev–Trinajstić information content (AvgIpc) is 2.13. The minimum Gasteiger partial charge on any atom is -0.466 e. The van der Waals surface area contributed by atoms with E-state index < -0.39 is 17.5 Å². The van der Waals surface area contributed by atoms with Crippen molar-refractivity contribution in [1.29, 1.82) is 0 Å². The van der Waals surface area contributed by atoms with Gasteiger partial charge in [0.05, 0.1) is 14.2 Å². The summed E-state index contributed by atoms with van der Waals surface area (Å²) in [5.74, 6) is -1.56. The Morgan fingerprint density at radius 2 is 1.33 bits per heavy atom. The molecule has 0 aromatic rings. The fraction of sp³-hybridized carbons (Fsp3) is 0.714. The third kappa shape index (κ3) is 1.73. The van der Waals surface area contributed by atoms with Crippen molar-refractivity contribution in [2.75, 3.05) is 21.3 Å². The highest BCUT2D eigenvalue weighted by atomic mass is 16.6. The monoisotopic (exact) mass is 176 g/mol. The number of hydrogen-bond donors (Lipinski definition) is 0. The van der Waals surface area contributed by atoms with Crippen LogP contribution in [0.15, 0.2) is 0 Å². The average molecular weight is 176 g/mol. The lowest BCUT2D eigenvalue weighted by atomic mass is 10.1. The molecule has 0 rings (SSSR count). The molecule has 0 saturated carbocycles. The third-order valence-electron chi connectivity index (χ3n) is 1.56. The maximum atomic E-state index is 11.0. The number of rotatable bonds is 3. The van der Waals surface area contributed by atoms with Crippen molar-refractivity contribution < 1.29 is 23.8 Å². The summed E-state index contributed by atoms with van der Waals surface area (Å²) in [5, 5.41) is 0. The van der Waals surface area contributed by atoms with Crippen LogP contribution in [0.4, 0.5) is 0 Å². The minimum absolute atomic E-state index is 0.781. The summed E-state index contributed by atoms with van der Waals surface area (Å²) in [6.07, 6.45) is 0. The maximum absolute atomic E-state index is 11.0. The first kappa shape index (κ1) is 10.9. The molecule has 0 aromatic heterocycles. The topological polar surface area (TPSA) is 61.8 Å². The van der Waals surface area contributed by atoms with Crippen molar-refractivity contribution in [2.24, 2.45) is 0 Å². The van der Waals surface area contributed by atoms with E-state index in [1.54, 1.807) is 0 Å². The largest absolute Gasteiger partial charge is 0.466 e. The normalized spacial score (nSPS) is 10.7. The molecule has 0 unspecified atom stereocenters. The van der Waals surface area contributed by atoms with Crippen LogP contribution in [0.3, 0.4) is 0 Å². The second kappa shape index (κ2) is 4.06. The Morgan fingerprint density at radius 3 is 1.50 bits per heavy atom. The van der Waals surface area contributed by atoms with Gasteiger partial charge in [-0.1, -0.05) is 0 Å². The highest BCUT2D eigenvalue weighted by molar-refractivity contribution is 6.03. The summed E-state index contributed by atoms with van der Waals surface area (Å²) in [6.45, 7) is 1.28. The molecule has 0 saturated heterocycles. The summed E-state index contributed by atoms with van der Waals surface area (Å²) < 4.78 is 13.4. The SMILES string of the molecule is COC(=O)C(C)(OC)C(=O)OC. The van der Waals surface area contributed by atoms with Gasteiger partial charge in [-0.25, -0.2) is 9.59 Å². The van der Waals surface area contributed by atoms with E-state index in [1.807, 2.05) is 0 Å². The van der Waals surface area contributed by atoms with Gasteiger partial charge in [0.1, 0.15) is 0 Å². The molecule has 70 valence electrons. The van der Waals surface area contributed by atoms with E-state index >= 15 is 0 Å². The maximum Gasteiger partial charge on any atom is 0.349 e. The molecule has 5 heteroatoms. The van der Waals surface area contributed by atoms with Gasteiger partial charge in [-0.3, -0.25) is 0 Å². The number of methoxy groups -OCH3 is 3. The Balaban J connectivity index is 4.66. The van der Waals surface area contributed by atoms with Crippen LogP contribution in [0.25, 0.3) is 0 Å². The highest BCUT2D eigenvalue weighted by Crippen LogP contribution is 2.12. The third-order valence-corrected chi connectivity index (χ3v) is 1.56. The van der Waals surface area contributed by atoms with Crippen LogP contribution in [-0.4, -0.2) is 38.9 Å². The van der Waals surface area contributed by atoms with Crippen LogP contribution >= 0.6 is 0 Å². The van der Waals surface area contributed by atoms with Crippen LogP contribution in [-0.2, 0) is 23.8 Å². The molecule has 0 radical (unpaired) electrons. The minimum atomic E-state index is -1.66. The van der Waals surface area contributed by atoms with Gasteiger partial charge in [0.15, 0.2) is 0 Å². The second-order valence-corrected chi connectivity index (χ2v) is 2.22. The van der Waals surface area contributed by atoms with E-state index in [1.165, 1.54) is 28.3 Å². The summed E-state index contributed by atoms with van der Waals surface area (Å²) in [7, 11) is 3.57. The van der Waals surface area contributed by atoms with E-state index in [0.717, 1.165) is 0 Å². The van der Waals surface area contributed by atoms with E-state index in [4.69, 9.17) is 4.74 Å². The van der Waals surface area contributed by atoms with Crippen LogP contribution in [0.2, 0.25) is 0 Å². The van der Waals surface area contributed by atoms with Crippen LogP contribution in [0, 0.1) is 0 Å². The fourth-order valence-corrected chi connectivity index (χ4v) is 0.640. The van der Waals surface area contributed by atoms with Crippen molar-refractivity contribution in [2.45, 2.75) is 12.5 Å². The fourth-order valence-electron chi connectivity index (χ4n) is 0.640. The van der Waals surface area contributed by atoms with Gasteiger partial charge in [-0.15, -0.1) is 0 Å². The molecule has 5 nitrogen and oxygen atoms in total. The summed E-state index contributed by atoms with van der Waals surface area (Å²) >= 11 is 0. The molecular weight excluding hydrogens is 164 g/mol. The Labute approximate surface area is 70.6 Å². The van der Waals surface area contributed by atoms with Crippen molar-refractivity contribution in [1.82, 2.24) is 0 Å². The Bertz CT molecular complexity index is 170. The van der Waals surface area contributed by atoms with Crippen molar-refractivity contribution in [3.05, 3.63) is 0 Å². The predicted molar refractivity (Wildman–Crippen MR) is 39.4 cm³/mol. The molecule has 0 N–H and O–H groups in total. The van der Waals surface area contributed by atoms with E-state index in [0.29, 0.717) is 0 Å². The zero-order valence-corrected chi connectivity index (χ0v) is 7.54. The molecule has 0 aromatic carbocycles.